The van der Waals surface area contributed by atoms with Gasteiger partial charge < -0.3 is 4.90 Å². The van der Waals surface area contributed by atoms with Crippen molar-refractivity contribution in [3.8, 4) is 0 Å². The summed E-state index contributed by atoms with van der Waals surface area (Å²) < 4.78 is 12.9. The molecule has 2 aromatic carbocycles. The summed E-state index contributed by atoms with van der Waals surface area (Å²) >= 11 is 11.8. The Morgan fingerprint density at radius 2 is 1.65 bits per heavy atom. The van der Waals surface area contributed by atoms with E-state index in [1.165, 1.54) is 17.0 Å². The lowest BCUT2D eigenvalue weighted by atomic mass is 10.1. The molecular weight excluding hydrogens is 300 g/mol. The maximum atomic E-state index is 12.9. The van der Waals surface area contributed by atoms with Crippen molar-refractivity contribution in [2.45, 2.75) is 6.92 Å². The van der Waals surface area contributed by atoms with Crippen molar-refractivity contribution >= 4 is 34.8 Å². The molecule has 0 fully saturated rings. The van der Waals surface area contributed by atoms with Gasteiger partial charge in [0.1, 0.15) is 5.82 Å². The van der Waals surface area contributed by atoms with Crippen LogP contribution in [0.25, 0.3) is 0 Å². The Balaban J connectivity index is 2.36. The summed E-state index contributed by atoms with van der Waals surface area (Å²) in [4.78, 5) is 14.0. The molecule has 0 atom stereocenters. The SMILES string of the molecule is CCN(C(=O)c1cc(Cl)cc(Cl)c1)c1ccc(F)cc1. The fraction of sp³-hybridized carbons (Fsp3) is 0.133. The number of anilines is 1. The van der Waals surface area contributed by atoms with Gasteiger partial charge in [-0.2, -0.15) is 0 Å². The molecule has 0 aliphatic carbocycles. The van der Waals surface area contributed by atoms with E-state index in [1.54, 1.807) is 30.3 Å². The Morgan fingerprint density at radius 1 is 1.10 bits per heavy atom. The van der Waals surface area contributed by atoms with Crippen LogP contribution in [0.15, 0.2) is 42.5 Å². The number of amides is 1. The lowest BCUT2D eigenvalue weighted by Crippen LogP contribution is -2.30. The average Bonchev–Trinajstić information content (AvgIpc) is 2.40. The Bertz CT molecular complexity index is 608. The predicted molar refractivity (Wildman–Crippen MR) is 80.2 cm³/mol. The third kappa shape index (κ3) is 3.30. The quantitative estimate of drug-likeness (QED) is 0.797. The van der Waals surface area contributed by atoms with E-state index in [0.29, 0.717) is 27.8 Å². The van der Waals surface area contributed by atoms with E-state index in [9.17, 15) is 9.18 Å². The van der Waals surface area contributed by atoms with Gasteiger partial charge in [-0.1, -0.05) is 23.2 Å². The largest absolute Gasteiger partial charge is 0.309 e. The number of carbonyl (C=O) groups excluding carboxylic acids is 1. The van der Waals surface area contributed by atoms with Gasteiger partial charge in [0.25, 0.3) is 5.91 Å². The van der Waals surface area contributed by atoms with Gasteiger partial charge in [-0.15, -0.1) is 0 Å². The second-order valence-electron chi connectivity index (χ2n) is 4.18. The topological polar surface area (TPSA) is 20.3 Å². The van der Waals surface area contributed by atoms with E-state index >= 15 is 0 Å². The van der Waals surface area contributed by atoms with Crippen LogP contribution in [0.1, 0.15) is 17.3 Å². The molecule has 2 nitrogen and oxygen atoms in total. The fourth-order valence-electron chi connectivity index (χ4n) is 1.90. The molecule has 0 heterocycles. The van der Waals surface area contributed by atoms with Crippen LogP contribution in [0.4, 0.5) is 10.1 Å². The van der Waals surface area contributed by atoms with Gasteiger partial charge in [-0.25, -0.2) is 4.39 Å². The number of carbonyl (C=O) groups is 1. The van der Waals surface area contributed by atoms with Crippen molar-refractivity contribution in [2.75, 3.05) is 11.4 Å². The summed E-state index contributed by atoms with van der Waals surface area (Å²) in [7, 11) is 0. The summed E-state index contributed by atoms with van der Waals surface area (Å²) in [5.74, 6) is -0.577. The van der Waals surface area contributed by atoms with Crippen LogP contribution in [-0.4, -0.2) is 12.5 Å². The van der Waals surface area contributed by atoms with E-state index in [2.05, 4.69) is 0 Å². The molecule has 2 aromatic rings. The number of nitrogens with zero attached hydrogens (tertiary/aromatic N) is 1. The highest BCUT2D eigenvalue weighted by atomic mass is 35.5. The van der Waals surface area contributed by atoms with Crippen LogP contribution < -0.4 is 4.90 Å². The van der Waals surface area contributed by atoms with Crippen molar-refractivity contribution in [3.05, 3.63) is 63.9 Å². The van der Waals surface area contributed by atoms with Gasteiger partial charge in [0.05, 0.1) is 0 Å². The van der Waals surface area contributed by atoms with Crippen LogP contribution in [0.2, 0.25) is 10.0 Å². The minimum atomic E-state index is -0.344. The Morgan fingerprint density at radius 3 is 2.15 bits per heavy atom. The summed E-state index contributed by atoms with van der Waals surface area (Å²) in [6.07, 6.45) is 0. The van der Waals surface area contributed by atoms with Gasteiger partial charge in [0.2, 0.25) is 0 Å². The molecule has 0 unspecified atom stereocenters. The van der Waals surface area contributed by atoms with Crippen LogP contribution in [0, 0.1) is 5.82 Å². The van der Waals surface area contributed by atoms with Gasteiger partial charge >= 0.3 is 0 Å². The number of benzene rings is 2. The maximum Gasteiger partial charge on any atom is 0.258 e. The minimum absolute atomic E-state index is 0.233. The van der Waals surface area contributed by atoms with Gasteiger partial charge in [0, 0.05) is 27.8 Å². The first kappa shape index (κ1) is 14.8. The fourth-order valence-corrected chi connectivity index (χ4v) is 2.42. The molecule has 0 N–H and O–H groups in total. The van der Waals surface area contributed by atoms with Crippen molar-refractivity contribution in [1.29, 1.82) is 0 Å². The second-order valence-corrected chi connectivity index (χ2v) is 5.06. The third-order valence-corrected chi connectivity index (χ3v) is 3.25. The van der Waals surface area contributed by atoms with Crippen molar-refractivity contribution in [3.63, 3.8) is 0 Å². The summed E-state index contributed by atoms with van der Waals surface area (Å²) in [6.45, 7) is 2.29. The molecule has 104 valence electrons. The molecule has 0 aliphatic rings. The third-order valence-electron chi connectivity index (χ3n) is 2.81. The Hall–Kier alpha value is -1.58. The van der Waals surface area contributed by atoms with E-state index in [4.69, 9.17) is 23.2 Å². The highest BCUT2D eigenvalue weighted by Gasteiger charge is 2.17. The lowest BCUT2D eigenvalue weighted by molar-refractivity contribution is 0.0988. The minimum Gasteiger partial charge on any atom is -0.309 e. The number of rotatable bonds is 3. The van der Waals surface area contributed by atoms with Crippen LogP contribution >= 0.6 is 23.2 Å². The average molecular weight is 312 g/mol. The van der Waals surface area contributed by atoms with E-state index < -0.39 is 0 Å². The summed E-state index contributed by atoms with van der Waals surface area (Å²) in [5.41, 5.74) is 1.02. The number of halogens is 3. The zero-order valence-corrected chi connectivity index (χ0v) is 12.2. The number of hydrogen-bond acceptors (Lipinski definition) is 1. The molecule has 0 saturated heterocycles. The highest BCUT2D eigenvalue weighted by molar-refractivity contribution is 6.35. The molecule has 0 spiro atoms. The molecule has 2 rings (SSSR count). The second kappa shape index (κ2) is 6.25. The first-order valence-electron chi connectivity index (χ1n) is 6.05. The van der Waals surface area contributed by atoms with Crippen molar-refractivity contribution in [1.82, 2.24) is 0 Å². The van der Waals surface area contributed by atoms with Crippen LogP contribution in [0.3, 0.4) is 0 Å². The van der Waals surface area contributed by atoms with Crippen molar-refractivity contribution < 1.29 is 9.18 Å². The Labute approximate surface area is 126 Å². The monoisotopic (exact) mass is 311 g/mol. The standard InChI is InChI=1S/C15H12Cl2FNO/c1-2-19(14-5-3-13(18)4-6-14)15(20)10-7-11(16)9-12(17)8-10/h3-9H,2H2,1H3. The van der Waals surface area contributed by atoms with Gasteiger partial charge in [0.15, 0.2) is 0 Å². The van der Waals surface area contributed by atoms with Crippen LogP contribution in [0.5, 0.6) is 0 Å². The Kier molecular flexibility index (Phi) is 4.63. The predicted octanol–water partition coefficient (Wildman–Crippen LogP) is 4.80. The van der Waals surface area contributed by atoms with E-state index in [0.717, 1.165) is 0 Å². The zero-order valence-electron chi connectivity index (χ0n) is 10.7. The molecule has 0 radical (unpaired) electrons. The molecule has 0 saturated carbocycles. The van der Waals surface area contributed by atoms with E-state index in [-0.39, 0.29) is 11.7 Å². The van der Waals surface area contributed by atoms with E-state index in [1.807, 2.05) is 6.92 Å². The molecule has 5 heteroatoms. The molecule has 0 aliphatic heterocycles. The van der Waals surface area contributed by atoms with Crippen molar-refractivity contribution in [2.24, 2.45) is 0 Å². The van der Waals surface area contributed by atoms with Gasteiger partial charge in [-0.05, 0) is 49.4 Å². The summed E-state index contributed by atoms with van der Waals surface area (Å²) in [6, 6.07) is 10.4. The molecule has 0 aromatic heterocycles. The molecular formula is C15H12Cl2FNO. The first-order valence-corrected chi connectivity index (χ1v) is 6.80. The number of hydrogen-bond donors (Lipinski definition) is 0. The smallest absolute Gasteiger partial charge is 0.258 e. The van der Waals surface area contributed by atoms with Gasteiger partial charge in [-0.3, -0.25) is 4.79 Å². The summed E-state index contributed by atoms with van der Waals surface area (Å²) in [5, 5.41) is 0.798. The molecule has 1 amide bonds. The maximum absolute atomic E-state index is 12.9. The van der Waals surface area contributed by atoms with Crippen LogP contribution in [-0.2, 0) is 0 Å². The first-order chi connectivity index (χ1) is 9.51. The lowest BCUT2D eigenvalue weighted by Gasteiger charge is -2.21. The molecule has 0 bridgehead atoms. The highest BCUT2D eigenvalue weighted by Crippen LogP contribution is 2.23. The molecule has 20 heavy (non-hydrogen) atoms. The zero-order chi connectivity index (χ0) is 14.7. The normalized spacial score (nSPS) is 10.4.